The average Bonchev–Trinajstić information content (AvgIpc) is 2.10. The van der Waals surface area contributed by atoms with Crippen LogP contribution in [0.4, 0.5) is 8.78 Å². The van der Waals surface area contributed by atoms with E-state index >= 15 is 0 Å². The van der Waals surface area contributed by atoms with E-state index in [1.54, 1.807) is 0 Å². The molecule has 1 aromatic carbocycles. The third-order valence-electron chi connectivity index (χ3n) is 2.36. The molecule has 0 amide bonds. The van der Waals surface area contributed by atoms with Crippen LogP contribution in [0.1, 0.15) is 32.3 Å². The van der Waals surface area contributed by atoms with E-state index in [-0.39, 0.29) is 0 Å². The summed E-state index contributed by atoms with van der Waals surface area (Å²) in [6.07, 6.45) is 2.88. The second-order valence-electron chi connectivity index (χ2n) is 3.83. The van der Waals surface area contributed by atoms with Crippen molar-refractivity contribution in [2.75, 3.05) is 0 Å². The Balaban J connectivity index is 2.67. The highest BCUT2D eigenvalue weighted by Crippen LogP contribution is 2.17. The molecule has 0 radical (unpaired) electrons. The van der Waals surface area contributed by atoms with Gasteiger partial charge in [-0.1, -0.05) is 32.8 Å². The highest BCUT2D eigenvalue weighted by Gasteiger charge is 2.07. The monoisotopic (exact) mass is 198 g/mol. The van der Waals surface area contributed by atoms with Crippen molar-refractivity contribution in [3.05, 3.63) is 35.4 Å². The molecule has 0 aliphatic heterocycles. The standard InChI is InChI=1S/C12H16F2/c1-3-4-9(2)7-10-5-6-11(13)8-12(10)14/h5-6,8-9H,3-4,7H2,1-2H3/t9-/m1/s1. The third-order valence-corrected chi connectivity index (χ3v) is 2.36. The molecule has 0 aliphatic carbocycles. The quantitative estimate of drug-likeness (QED) is 0.687. The Kier molecular flexibility index (Phi) is 4.05. The Hall–Kier alpha value is -0.920. The van der Waals surface area contributed by atoms with Gasteiger partial charge in [-0.3, -0.25) is 0 Å². The van der Waals surface area contributed by atoms with Crippen molar-refractivity contribution in [3.63, 3.8) is 0 Å². The summed E-state index contributed by atoms with van der Waals surface area (Å²) in [5.74, 6) is -0.470. The van der Waals surface area contributed by atoms with Gasteiger partial charge in [0, 0.05) is 6.07 Å². The van der Waals surface area contributed by atoms with E-state index in [4.69, 9.17) is 0 Å². The van der Waals surface area contributed by atoms with Crippen molar-refractivity contribution in [2.45, 2.75) is 33.1 Å². The molecule has 0 saturated heterocycles. The van der Waals surface area contributed by atoms with Crippen LogP contribution in [-0.2, 0) is 6.42 Å². The minimum absolute atomic E-state index is 0.423. The summed E-state index contributed by atoms with van der Waals surface area (Å²) in [4.78, 5) is 0. The maximum atomic E-state index is 13.2. The van der Waals surface area contributed by atoms with Gasteiger partial charge in [-0.2, -0.15) is 0 Å². The fraction of sp³-hybridized carbons (Fsp3) is 0.500. The van der Waals surface area contributed by atoms with Crippen LogP contribution < -0.4 is 0 Å². The maximum absolute atomic E-state index is 13.2. The molecule has 0 fully saturated rings. The van der Waals surface area contributed by atoms with E-state index in [0.717, 1.165) is 18.9 Å². The van der Waals surface area contributed by atoms with Crippen LogP contribution in [0.5, 0.6) is 0 Å². The van der Waals surface area contributed by atoms with E-state index in [9.17, 15) is 8.78 Å². The number of rotatable bonds is 4. The van der Waals surface area contributed by atoms with Gasteiger partial charge < -0.3 is 0 Å². The molecule has 1 aromatic rings. The van der Waals surface area contributed by atoms with Crippen molar-refractivity contribution in [2.24, 2.45) is 5.92 Å². The van der Waals surface area contributed by atoms with Crippen molar-refractivity contribution < 1.29 is 8.78 Å². The molecule has 0 nitrogen and oxygen atoms in total. The van der Waals surface area contributed by atoms with Crippen LogP contribution >= 0.6 is 0 Å². The summed E-state index contributed by atoms with van der Waals surface area (Å²) in [6, 6.07) is 3.81. The molecular formula is C12H16F2. The number of hydrogen-bond acceptors (Lipinski definition) is 0. The molecule has 0 aromatic heterocycles. The lowest BCUT2D eigenvalue weighted by Crippen LogP contribution is -2.01. The van der Waals surface area contributed by atoms with Gasteiger partial charge in [-0.05, 0) is 24.0 Å². The van der Waals surface area contributed by atoms with Gasteiger partial charge in [0.15, 0.2) is 0 Å². The Morgan fingerprint density at radius 2 is 2.00 bits per heavy atom. The number of benzene rings is 1. The molecule has 0 aliphatic rings. The Bertz CT molecular complexity index is 294. The van der Waals surface area contributed by atoms with Gasteiger partial charge >= 0.3 is 0 Å². The SMILES string of the molecule is CCC[C@@H](C)Cc1ccc(F)cc1F. The average molecular weight is 198 g/mol. The van der Waals surface area contributed by atoms with E-state index in [0.29, 0.717) is 17.9 Å². The second kappa shape index (κ2) is 5.08. The Morgan fingerprint density at radius 1 is 1.29 bits per heavy atom. The topological polar surface area (TPSA) is 0 Å². The minimum Gasteiger partial charge on any atom is -0.207 e. The molecule has 0 saturated carbocycles. The molecule has 0 spiro atoms. The second-order valence-corrected chi connectivity index (χ2v) is 3.83. The first-order valence-corrected chi connectivity index (χ1v) is 5.07. The van der Waals surface area contributed by atoms with Gasteiger partial charge in [0.25, 0.3) is 0 Å². The van der Waals surface area contributed by atoms with Crippen molar-refractivity contribution in [1.82, 2.24) is 0 Å². The molecule has 78 valence electrons. The molecule has 2 heteroatoms. The molecule has 0 unspecified atom stereocenters. The zero-order chi connectivity index (χ0) is 10.6. The van der Waals surface area contributed by atoms with Gasteiger partial charge in [0.1, 0.15) is 11.6 Å². The highest BCUT2D eigenvalue weighted by molar-refractivity contribution is 5.18. The lowest BCUT2D eigenvalue weighted by Gasteiger charge is -2.10. The van der Waals surface area contributed by atoms with Gasteiger partial charge in [0.2, 0.25) is 0 Å². The van der Waals surface area contributed by atoms with Crippen LogP contribution in [0, 0.1) is 17.6 Å². The van der Waals surface area contributed by atoms with E-state index in [2.05, 4.69) is 13.8 Å². The fourth-order valence-electron chi connectivity index (χ4n) is 1.66. The molecule has 0 N–H and O–H groups in total. The maximum Gasteiger partial charge on any atom is 0.129 e. The van der Waals surface area contributed by atoms with E-state index < -0.39 is 11.6 Å². The number of halogens is 2. The first kappa shape index (κ1) is 11.2. The Morgan fingerprint density at radius 3 is 2.57 bits per heavy atom. The lowest BCUT2D eigenvalue weighted by molar-refractivity contribution is 0.499. The molecule has 1 atom stereocenters. The predicted molar refractivity (Wildman–Crippen MR) is 54.1 cm³/mol. The third kappa shape index (κ3) is 3.09. The zero-order valence-electron chi connectivity index (χ0n) is 8.69. The summed E-state index contributed by atoms with van der Waals surface area (Å²) >= 11 is 0. The normalized spacial score (nSPS) is 12.9. The van der Waals surface area contributed by atoms with E-state index in [1.807, 2.05) is 0 Å². The summed E-state index contributed by atoms with van der Waals surface area (Å²) < 4.78 is 25.8. The number of hydrogen-bond donors (Lipinski definition) is 0. The molecule has 1 rings (SSSR count). The van der Waals surface area contributed by atoms with Crippen LogP contribution in [0.3, 0.4) is 0 Å². The van der Waals surface area contributed by atoms with Crippen LogP contribution in [0.25, 0.3) is 0 Å². The molecular weight excluding hydrogens is 182 g/mol. The fourth-order valence-corrected chi connectivity index (χ4v) is 1.66. The summed E-state index contributed by atoms with van der Waals surface area (Å²) in [7, 11) is 0. The summed E-state index contributed by atoms with van der Waals surface area (Å²) in [6.45, 7) is 4.20. The van der Waals surface area contributed by atoms with Crippen LogP contribution in [0.15, 0.2) is 18.2 Å². The summed E-state index contributed by atoms with van der Waals surface area (Å²) in [5, 5.41) is 0. The van der Waals surface area contributed by atoms with Crippen molar-refractivity contribution >= 4 is 0 Å². The van der Waals surface area contributed by atoms with Crippen LogP contribution in [0.2, 0.25) is 0 Å². The smallest absolute Gasteiger partial charge is 0.129 e. The summed E-state index contributed by atoms with van der Waals surface area (Å²) in [5.41, 5.74) is 0.618. The van der Waals surface area contributed by atoms with Crippen LogP contribution in [-0.4, -0.2) is 0 Å². The molecule has 0 bridgehead atoms. The Labute approximate surface area is 84.0 Å². The van der Waals surface area contributed by atoms with Crippen molar-refractivity contribution in [3.8, 4) is 0 Å². The zero-order valence-corrected chi connectivity index (χ0v) is 8.69. The van der Waals surface area contributed by atoms with Gasteiger partial charge in [-0.25, -0.2) is 8.78 Å². The molecule has 14 heavy (non-hydrogen) atoms. The van der Waals surface area contributed by atoms with Gasteiger partial charge in [-0.15, -0.1) is 0 Å². The lowest BCUT2D eigenvalue weighted by atomic mass is 9.97. The molecule has 0 heterocycles. The van der Waals surface area contributed by atoms with Crippen molar-refractivity contribution in [1.29, 1.82) is 0 Å². The van der Waals surface area contributed by atoms with E-state index in [1.165, 1.54) is 12.1 Å². The minimum atomic E-state index is -0.505. The largest absolute Gasteiger partial charge is 0.207 e. The van der Waals surface area contributed by atoms with Gasteiger partial charge in [0.05, 0.1) is 0 Å². The predicted octanol–water partition coefficient (Wildman–Crippen LogP) is 3.94. The highest BCUT2D eigenvalue weighted by atomic mass is 19.1. The first-order valence-electron chi connectivity index (χ1n) is 5.07. The first-order chi connectivity index (χ1) is 6.63.